The van der Waals surface area contributed by atoms with Gasteiger partial charge in [0.1, 0.15) is 11.5 Å². The van der Waals surface area contributed by atoms with Crippen molar-refractivity contribution in [3.05, 3.63) is 24.3 Å². The maximum absolute atomic E-state index is 9.16. The average Bonchev–Trinajstić information content (AvgIpc) is 2.01. The Morgan fingerprint density at radius 3 is 2.92 bits per heavy atom. The van der Waals surface area contributed by atoms with Crippen LogP contribution in [0.1, 0.15) is 0 Å². The van der Waals surface area contributed by atoms with Gasteiger partial charge < -0.3 is 15.2 Å². The largest absolute Gasteiger partial charge is 0.508 e. The van der Waals surface area contributed by atoms with E-state index in [2.05, 4.69) is 5.32 Å². The molecule has 3 heteroatoms. The average molecular weight is 179 g/mol. The first-order valence-electron chi connectivity index (χ1n) is 4.47. The zero-order valence-corrected chi connectivity index (χ0v) is 7.36. The molecule has 0 spiro atoms. The third-order valence-electron chi connectivity index (χ3n) is 2.17. The Labute approximate surface area is 77.3 Å². The van der Waals surface area contributed by atoms with Gasteiger partial charge in [-0.15, -0.1) is 0 Å². The number of ether oxygens (including phenoxy) is 1. The number of rotatable bonds is 3. The Bertz CT molecular complexity index is 284. The first-order valence-corrected chi connectivity index (χ1v) is 4.47. The van der Waals surface area contributed by atoms with Gasteiger partial charge in [-0.25, -0.2) is 0 Å². The lowest BCUT2D eigenvalue weighted by Gasteiger charge is -2.26. The van der Waals surface area contributed by atoms with E-state index in [1.807, 2.05) is 6.07 Å². The molecule has 0 aliphatic carbocycles. The van der Waals surface area contributed by atoms with Gasteiger partial charge in [0.05, 0.1) is 6.61 Å². The fraction of sp³-hybridized carbons (Fsp3) is 0.400. The Hall–Kier alpha value is -1.22. The van der Waals surface area contributed by atoms with Crippen molar-refractivity contribution in [1.82, 2.24) is 5.32 Å². The standard InChI is InChI=1S/C10H13NO2/c12-9-2-1-3-10(4-9)13-7-8-5-11-6-8/h1-4,8,11-12H,5-7H2. The highest BCUT2D eigenvalue weighted by Gasteiger charge is 2.16. The van der Waals surface area contributed by atoms with E-state index in [0.29, 0.717) is 5.92 Å². The maximum Gasteiger partial charge on any atom is 0.122 e. The van der Waals surface area contributed by atoms with Gasteiger partial charge in [-0.05, 0) is 12.1 Å². The number of hydrogen-bond acceptors (Lipinski definition) is 3. The van der Waals surface area contributed by atoms with Crippen LogP contribution < -0.4 is 10.1 Å². The quantitative estimate of drug-likeness (QED) is 0.727. The van der Waals surface area contributed by atoms with Crippen molar-refractivity contribution in [3.8, 4) is 11.5 Å². The van der Waals surface area contributed by atoms with Crippen LogP contribution in [0.25, 0.3) is 0 Å². The second-order valence-electron chi connectivity index (χ2n) is 3.33. The molecule has 70 valence electrons. The Morgan fingerprint density at radius 1 is 1.46 bits per heavy atom. The van der Waals surface area contributed by atoms with Crippen molar-refractivity contribution in [2.24, 2.45) is 5.92 Å². The van der Waals surface area contributed by atoms with Gasteiger partial charge >= 0.3 is 0 Å². The molecule has 13 heavy (non-hydrogen) atoms. The van der Waals surface area contributed by atoms with Crippen LogP contribution in [0.3, 0.4) is 0 Å². The molecular weight excluding hydrogens is 166 g/mol. The summed E-state index contributed by atoms with van der Waals surface area (Å²) >= 11 is 0. The van der Waals surface area contributed by atoms with Gasteiger partial charge in [0.25, 0.3) is 0 Å². The van der Waals surface area contributed by atoms with E-state index < -0.39 is 0 Å². The van der Waals surface area contributed by atoms with Gasteiger partial charge in [0, 0.05) is 25.1 Å². The van der Waals surface area contributed by atoms with Gasteiger partial charge in [0.2, 0.25) is 0 Å². The topological polar surface area (TPSA) is 41.5 Å². The summed E-state index contributed by atoms with van der Waals surface area (Å²) in [4.78, 5) is 0. The Kier molecular flexibility index (Phi) is 2.36. The van der Waals surface area contributed by atoms with Gasteiger partial charge in [-0.1, -0.05) is 6.07 Å². The highest BCUT2D eigenvalue weighted by molar-refractivity contribution is 5.31. The molecule has 0 saturated carbocycles. The van der Waals surface area contributed by atoms with Crippen LogP contribution in [-0.2, 0) is 0 Å². The molecule has 0 amide bonds. The van der Waals surface area contributed by atoms with Crippen molar-refractivity contribution in [2.75, 3.05) is 19.7 Å². The molecule has 1 aliphatic rings. The fourth-order valence-corrected chi connectivity index (χ4v) is 1.25. The van der Waals surface area contributed by atoms with Crippen molar-refractivity contribution in [1.29, 1.82) is 0 Å². The van der Waals surface area contributed by atoms with E-state index in [1.54, 1.807) is 18.2 Å². The SMILES string of the molecule is Oc1cccc(OCC2CNC2)c1. The number of aromatic hydroxyl groups is 1. The van der Waals surface area contributed by atoms with Crippen molar-refractivity contribution in [2.45, 2.75) is 0 Å². The summed E-state index contributed by atoms with van der Waals surface area (Å²) in [6, 6.07) is 6.90. The zero-order valence-electron chi connectivity index (χ0n) is 7.36. The minimum absolute atomic E-state index is 0.254. The van der Waals surface area contributed by atoms with Crippen molar-refractivity contribution in [3.63, 3.8) is 0 Å². The minimum Gasteiger partial charge on any atom is -0.508 e. The van der Waals surface area contributed by atoms with E-state index in [-0.39, 0.29) is 5.75 Å². The Balaban J connectivity index is 1.86. The van der Waals surface area contributed by atoms with Crippen LogP contribution in [0.5, 0.6) is 11.5 Å². The monoisotopic (exact) mass is 179 g/mol. The first-order chi connectivity index (χ1) is 6.34. The predicted octanol–water partition coefficient (Wildman–Crippen LogP) is 0.990. The normalized spacial score (nSPS) is 16.6. The number of phenolic OH excluding ortho intramolecular Hbond substituents is 1. The summed E-state index contributed by atoms with van der Waals surface area (Å²) in [5.41, 5.74) is 0. The molecule has 1 aromatic carbocycles. The second-order valence-corrected chi connectivity index (χ2v) is 3.33. The highest BCUT2D eigenvalue weighted by Crippen LogP contribution is 2.18. The van der Waals surface area contributed by atoms with Crippen LogP contribution in [0.2, 0.25) is 0 Å². The molecule has 1 heterocycles. The summed E-state index contributed by atoms with van der Waals surface area (Å²) in [6.07, 6.45) is 0. The second kappa shape index (κ2) is 3.66. The third kappa shape index (κ3) is 2.12. The molecular formula is C10H13NO2. The first kappa shape index (κ1) is 8.38. The van der Waals surface area contributed by atoms with Gasteiger partial charge in [-0.3, -0.25) is 0 Å². The van der Waals surface area contributed by atoms with E-state index >= 15 is 0 Å². The molecule has 0 bridgehead atoms. The minimum atomic E-state index is 0.254. The number of hydrogen-bond donors (Lipinski definition) is 2. The highest BCUT2D eigenvalue weighted by atomic mass is 16.5. The van der Waals surface area contributed by atoms with Crippen LogP contribution >= 0.6 is 0 Å². The van der Waals surface area contributed by atoms with E-state index in [0.717, 1.165) is 25.4 Å². The van der Waals surface area contributed by atoms with Crippen LogP contribution in [0.4, 0.5) is 0 Å². The molecule has 3 nitrogen and oxygen atoms in total. The van der Waals surface area contributed by atoms with E-state index in [9.17, 15) is 0 Å². The summed E-state index contributed by atoms with van der Waals surface area (Å²) in [5, 5.41) is 12.3. The molecule has 1 aliphatic heterocycles. The molecule has 1 aromatic rings. The summed E-state index contributed by atoms with van der Waals surface area (Å²) in [5.74, 6) is 1.62. The van der Waals surface area contributed by atoms with E-state index in [4.69, 9.17) is 9.84 Å². The summed E-state index contributed by atoms with van der Waals surface area (Å²) in [7, 11) is 0. The zero-order chi connectivity index (χ0) is 9.10. The van der Waals surface area contributed by atoms with Crippen molar-refractivity contribution < 1.29 is 9.84 Å². The molecule has 0 atom stereocenters. The lowest BCUT2D eigenvalue weighted by atomic mass is 10.1. The summed E-state index contributed by atoms with van der Waals surface area (Å²) in [6.45, 7) is 2.81. The molecule has 1 saturated heterocycles. The van der Waals surface area contributed by atoms with Crippen LogP contribution in [-0.4, -0.2) is 24.8 Å². The van der Waals surface area contributed by atoms with Crippen LogP contribution in [0.15, 0.2) is 24.3 Å². The number of phenols is 1. The van der Waals surface area contributed by atoms with Gasteiger partial charge in [0.15, 0.2) is 0 Å². The third-order valence-corrected chi connectivity index (χ3v) is 2.17. The molecule has 0 radical (unpaired) electrons. The molecule has 2 N–H and O–H groups in total. The van der Waals surface area contributed by atoms with E-state index in [1.165, 1.54) is 0 Å². The number of nitrogens with one attached hydrogen (secondary N) is 1. The predicted molar refractivity (Wildman–Crippen MR) is 50.0 cm³/mol. The molecule has 2 rings (SSSR count). The summed E-state index contributed by atoms with van der Waals surface area (Å²) < 4.78 is 5.49. The molecule has 1 fully saturated rings. The van der Waals surface area contributed by atoms with Crippen LogP contribution in [0, 0.1) is 5.92 Å². The lowest BCUT2D eigenvalue weighted by Crippen LogP contribution is -2.45. The van der Waals surface area contributed by atoms with Gasteiger partial charge in [-0.2, -0.15) is 0 Å². The lowest BCUT2D eigenvalue weighted by molar-refractivity contribution is 0.198. The maximum atomic E-state index is 9.16. The van der Waals surface area contributed by atoms with Crippen molar-refractivity contribution >= 4 is 0 Å². The number of benzene rings is 1. The smallest absolute Gasteiger partial charge is 0.122 e. The Morgan fingerprint density at radius 2 is 2.31 bits per heavy atom. The molecule has 0 aromatic heterocycles. The molecule has 0 unspecified atom stereocenters. The fourth-order valence-electron chi connectivity index (χ4n) is 1.25.